The SMILES string of the molecule is CN(CCO)C(=O)c1cc2ccccc2cc1N. The first-order valence-electron chi connectivity index (χ1n) is 5.78. The molecule has 18 heavy (non-hydrogen) atoms. The monoisotopic (exact) mass is 244 g/mol. The Morgan fingerprint density at radius 2 is 1.89 bits per heavy atom. The molecule has 0 saturated heterocycles. The summed E-state index contributed by atoms with van der Waals surface area (Å²) in [5, 5.41) is 10.8. The highest BCUT2D eigenvalue weighted by atomic mass is 16.3. The number of aliphatic hydroxyl groups is 1. The van der Waals surface area contributed by atoms with Crippen LogP contribution in [0, 0.1) is 0 Å². The molecule has 0 radical (unpaired) electrons. The smallest absolute Gasteiger partial charge is 0.255 e. The van der Waals surface area contributed by atoms with Crippen molar-refractivity contribution in [1.82, 2.24) is 4.90 Å². The number of hydrogen-bond acceptors (Lipinski definition) is 3. The molecule has 4 heteroatoms. The van der Waals surface area contributed by atoms with Crippen molar-refractivity contribution < 1.29 is 9.90 Å². The van der Waals surface area contributed by atoms with Gasteiger partial charge in [0.15, 0.2) is 0 Å². The lowest BCUT2D eigenvalue weighted by atomic mass is 10.0. The molecule has 3 N–H and O–H groups in total. The largest absolute Gasteiger partial charge is 0.398 e. The first-order chi connectivity index (χ1) is 8.63. The zero-order valence-corrected chi connectivity index (χ0v) is 10.3. The van der Waals surface area contributed by atoms with E-state index in [2.05, 4.69) is 0 Å². The van der Waals surface area contributed by atoms with E-state index < -0.39 is 0 Å². The van der Waals surface area contributed by atoms with Crippen LogP contribution in [0.25, 0.3) is 10.8 Å². The molecular formula is C14H16N2O2. The van der Waals surface area contributed by atoms with Crippen LogP contribution in [0.3, 0.4) is 0 Å². The minimum atomic E-state index is -0.174. The first kappa shape index (κ1) is 12.4. The van der Waals surface area contributed by atoms with Crippen LogP contribution >= 0.6 is 0 Å². The van der Waals surface area contributed by atoms with Gasteiger partial charge < -0.3 is 15.7 Å². The third-order valence-electron chi connectivity index (χ3n) is 2.93. The number of aliphatic hydroxyl groups excluding tert-OH is 1. The van der Waals surface area contributed by atoms with Gasteiger partial charge in [-0.2, -0.15) is 0 Å². The molecule has 1 amide bonds. The molecule has 2 aromatic carbocycles. The van der Waals surface area contributed by atoms with E-state index in [1.54, 1.807) is 19.2 Å². The number of amides is 1. The fourth-order valence-electron chi connectivity index (χ4n) is 1.90. The van der Waals surface area contributed by atoms with Crippen molar-refractivity contribution in [3.8, 4) is 0 Å². The molecule has 2 aromatic rings. The fourth-order valence-corrected chi connectivity index (χ4v) is 1.90. The van der Waals surface area contributed by atoms with E-state index in [4.69, 9.17) is 10.8 Å². The minimum absolute atomic E-state index is 0.0598. The first-order valence-corrected chi connectivity index (χ1v) is 5.78. The Morgan fingerprint density at radius 1 is 1.28 bits per heavy atom. The summed E-state index contributed by atoms with van der Waals surface area (Å²) < 4.78 is 0. The van der Waals surface area contributed by atoms with E-state index in [-0.39, 0.29) is 12.5 Å². The summed E-state index contributed by atoms with van der Waals surface area (Å²) in [6.07, 6.45) is 0. The molecule has 0 bridgehead atoms. The van der Waals surface area contributed by atoms with Crippen molar-refractivity contribution in [3.05, 3.63) is 42.0 Å². The van der Waals surface area contributed by atoms with Gasteiger partial charge in [-0.1, -0.05) is 24.3 Å². The predicted molar refractivity (Wildman–Crippen MR) is 72.4 cm³/mol. The second kappa shape index (κ2) is 5.06. The van der Waals surface area contributed by atoms with Crippen molar-refractivity contribution in [2.45, 2.75) is 0 Å². The Labute approximate surface area is 106 Å². The zero-order chi connectivity index (χ0) is 13.1. The highest BCUT2D eigenvalue weighted by molar-refractivity contribution is 6.03. The molecule has 0 aliphatic heterocycles. The number of likely N-dealkylation sites (N-methyl/N-ethyl adjacent to an activating group) is 1. The second-order valence-electron chi connectivity index (χ2n) is 4.24. The molecule has 0 unspecified atom stereocenters. The van der Waals surface area contributed by atoms with Gasteiger partial charge in [0, 0.05) is 19.3 Å². The molecule has 0 heterocycles. The van der Waals surface area contributed by atoms with E-state index in [0.717, 1.165) is 10.8 Å². The second-order valence-corrected chi connectivity index (χ2v) is 4.24. The number of anilines is 1. The molecule has 0 aliphatic carbocycles. The van der Waals surface area contributed by atoms with Gasteiger partial charge in [-0.3, -0.25) is 4.79 Å². The summed E-state index contributed by atoms with van der Waals surface area (Å²) in [7, 11) is 1.65. The average Bonchev–Trinajstić information content (AvgIpc) is 2.37. The maximum absolute atomic E-state index is 12.1. The Kier molecular flexibility index (Phi) is 3.48. The van der Waals surface area contributed by atoms with Gasteiger partial charge in [0.05, 0.1) is 12.2 Å². The molecule has 4 nitrogen and oxygen atoms in total. The topological polar surface area (TPSA) is 66.6 Å². The normalized spacial score (nSPS) is 10.6. The summed E-state index contributed by atoms with van der Waals surface area (Å²) in [6, 6.07) is 11.3. The number of nitrogens with two attached hydrogens (primary N) is 1. The molecule has 0 atom stereocenters. The Morgan fingerprint density at radius 3 is 2.50 bits per heavy atom. The Balaban J connectivity index is 2.44. The van der Waals surface area contributed by atoms with Gasteiger partial charge in [0.1, 0.15) is 0 Å². The molecular weight excluding hydrogens is 228 g/mol. The van der Waals surface area contributed by atoms with Crippen LogP contribution in [0.5, 0.6) is 0 Å². The molecule has 0 aliphatic rings. The van der Waals surface area contributed by atoms with Crippen LogP contribution in [0.2, 0.25) is 0 Å². The van der Waals surface area contributed by atoms with Crippen LogP contribution < -0.4 is 5.73 Å². The Bertz CT molecular complexity index is 581. The van der Waals surface area contributed by atoms with E-state index >= 15 is 0 Å². The van der Waals surface area contributed by atoms with E-state index in [1.165, 1.54) is 4.90 Å². The lowest BCUT2D eigenvalue weighted by Gasteiger charge is -2.17. The van der Waals surface area contributed by atoms with Crippen molar-refractivity contribution in [2.75, 3.05) is 25.9 Å². The standard InChI is InChI=1S/C14H16N2O2/c1-16(6-7-17)14(18)12-8-10-4-2-3-5-11(10)9-13(12)15/h2-5,8-9,17H,6-7,15H2,1H3. The van der Waals surface area contributed by atoms with Crippen molar-refractivity contribution >= 4 is 22.4 Å². The van der Waals surface area contributed by atoms with E-state index in [1.807, 2.05) is 24.3 Å². The van der Waals surface area contributed by atoms with Gasteiger partial charge in [-0.15, -0.1) is 0 Å². The highest BCUT2D eigenvalue weighted by Gasteiger charge is 2.14. The molecule has 0 saturated carbocycles. The summed E-state index contributed by atoms with van der Waals surface area (Å²) in [5.74, 6) is -0.174. The number of nitrogen functional groups attached to an aromatic ring is 1. The number of carbonyl (C=O) groups excluding carboxylic acids is 1. The van der Waals surface area contributed by atoms with Gasteiger partial charge >= 0.3 is 0 Å². The summed E-state index contributed by atoms with van der Waals surface area (Å²) >= 11 is 0. The number of rotatable bonds is 3. The van der Waals surface area contributed by atoms with Gasteiger partial charge in [-0.05, 0) is 22.9 Å². The summed E-state index contributed by atoms with van der Waals surface area (Å²) in [6.45, 7) is 0.237. The minimum Gasteiger partial charge on any atom is -0.398 e. The van der Waals surface area contributed by atoms with Crippen molar-refractivity contribution in [1.29, 1.82) is 0 Å². The molecule has 2 rings (SSSR count). The number of carbonyl (C=O) groups is 1. The summed E-state index contributed by atoms with van der Waals surface area (Å²) in [5.41, 5.74) is 6.85. The van der Waals surface area contributed by atoms with Crippen molar-refractivity contribution in [3.63, 3.8) is 0 Å². The fraction of sp³-hybridized carbons (Fsp3) is 0.214. The van der Waals surface area contributed by atoms with Gasteiger partial charge in [0.25, 0.3) is 5.91 Å². The van der Waals surface area contributed by atoms with Crippen LogP contribution in [-0.2, 0) is 0 Å². The zero-order valence-electron chi connectivity index (χ0n) is 10.3. The van der Waals surface area contributed by atoms with Crippen LogP contribution in [-0.4, -0.2) is 36.1 Å². The third kappa shape index (κ3) is 2.28. The van der Waals surface area contributed by atoms with E-state index in [9.17, 15) is 4.79 Å². The lowest BCUT2D eigenvalue weighted by Crippen LogP contribution is -2.30. The maximum Gasteiger partial charge on any atom is 0.255 e. The lowest BCUT2D eigenvalue weighted by molar-refractivity contribution is 0.0768. The number of nitrogens with zero attached hydrogens (tertiary/aromatic N) is 1. The van der Waals surface area contributed by atoms with Gasteiger partial charge in [-0.25, -0.2) is 0 Å². The quantitative estimate of drug-likeness (QED) is 0.804. The van der Waals surface area contributed by atoms with Crippen molar-refractivity contribution in [2.24, 2.45) is 0 Å². The molecule has 0 aromatic heterocycles. The highest BCUT2D eigenvalue weighted by Crippen LogP contribution is 2.22. The van der Waals surface area contributed by atoms with Gasteiger partial charge in [0.2, 0.25) is 0 Å². The van der Waals surface area contributed by atoms with E-state index in [0.29, 0.717) is 17.8 Å². The average molecular weight is 244 g/mol. The third-order valence-corrected chi connectivity index (χ3v) is 2.93. The van der Waals surface area contributed by atoms with Crippen LogP contribution in [0.4, 0.5) is 5.69 Å². The number of hydrogen-bond donors (Lipinski definition) is 2. The Hall–Kier alpha value is -2.07. The molecule has 0 spiro atoms. The predicted octanol–water partition coefficient (Wildman–Crippen LogP) is 1.49. The molecule has 94 valence electrons. The molecule has 0 fully saturated rings. The number of fused-ring (bicyclic) bond motifs is 1. The maximum atomic E-state index is 12.1. The number of benzene rings is 2. The summed E-state index contributed by atoms with van der Waals surface area (Å²) in [4.78, 5) is 13.6. The van der Waals surface area contributed by atoms with Crippen LogP contribution in [0.1, 0.15) is 10.4 Å². The van der Waals surface area contributed by atoms with Crippen LogP contribution in [0.15, 0.2) is 36.4 Å².